The number of aromatic nitrogens is 2. The third kappa shape index (κ3) is 4.33. The van der Waals surface area contributed by atoms with Gasteiger partial charge in [0.15, 0.2) is 0 Å². The number of carbonyl (C=O) groups is 2. The molecule has 0 bridgehead atoms. The molecule has 2 N–H and O–H groups in total. The van der Waals surface area contributed by atoms with E-state index in [2.05, 4.69) is 15.7 Å². The van der Waals surface area contributed by atoms with Gasteiger partial charge < -0.3 is 10.6 Å². The first kappa shape index (κ1) is 19.6. The Balaban J connectivity index is 1.52. The van der Waals surface area contributed by atoms with Crippen molar-refractivity contribution in [2.75, 3.05) is 5.32 Å². The molecule has 3 aromatic rings. The van der Waals surface area contributed by atoms with Gasteiger partial charge in [-0.3, -0.25) is 9.59 Å². The molecule has 2 amide bonds. The molecule has 2 aromatic heterocycles. The monoisotopic (exact) mass is 432 g/mol. The molecular formula is C20H18ClFN4O2S. The van der Waals surface area contributed by atoms with Crippen molar-refractivity contribution in [2.45, 2.75) is 32.4 Å². The highest BCUT2D eigenvalue weighted by atomic mass is 35.5. The third-order valence-electron chi connectivity index (χ3n) is 4.59. The Hall–Kier alpha value is -2.71. The minimum Gasteiger partial charge on any atom is -0.349 e. The van der Waals surface area contributed by atoms with Crippen molar-refractivity contribution in [1.29, 1.82) is 0 Å². The van der Waals surface area contributed by atoms with E-state index in [9.17, 15) is 14.0 Å². The predicted octanol–water partition coefficient (Wildman–Crippen LogP) is 4.24. The zero-order valence-electron chi connectivity index (χ0n) is 15.5. The zero-order chi connectivity index (χ0) is 20.5. The van der Waals surface area contributed by atoms with Crippen LogP contribution in [0.3, 0.4) is 0 Å². The highest BCUT2D eigenvalue weighted by molar-refractivity contribution is 7.14. The predicted molar refractivity (Wildman–Crippen MR) is 110 cm³/mol. The van der Waals surface area contributed by atoms with Crippen LogP contribution in [0.4, 0.5) is 9.39 Å². The maximum Gasteiger partial charge on any atom is 0.261 e. The van der Waals surface area contributed by atoms with Crippen LogP contribution in [0.5, 0.6) is 0 Å². The van der Waals surface area contributed by atoms with E-state index < -0.39 is 5.91 Å². The van der Waals surface area contributed by atoms with Crippen molar-refractivity contribution in [1.82, 2.24) is 15.1 Å². The Morgan fingerprint density at radius 1 is 1.24 bits per heavy atom. The molecule has 0 aliphatic heterocycles. The van der Waals surface area contributed by atoms with Crippen molar-refractivity contribution in [3.63, 3.8) is 0 Å². The maximum atomic E-state index is 13.1. The van der Waals surface area contributed by atoms with Gasteiger partial charge in [0, 0.05) is 6.04 Å². The van der Waals surface area contributed by atoms with Crippen LogP contribution in [0, 0.1) is 12.7 Å². The van der Waals surface area contributed by atoms with E-state index in [4.69, 9.17) is 11.6 Å². The SMILES string of the molecule is Cc1nn(Cc2ccc(F)cc2)c(Cl)c1C(=O)Nc1sccc1C(=O)NC1CC1. The number of hydrogen-bond donors (Lipinski definition) is 2. The number of benzene rings is 1. The van der Waals surface area contributed by atoms with Crippen LogP contribution < -0.4 is 10.6 Å². The Morgan fingerprint density at radius 2 is 1.97 bits per heavy atom. The number of nitrogens with zero attached hydrogens (tertiary/aromatic N) is 2. The van der Waals surface area contributed by atoms with Gasteiger partial charge in [-0.25, -0.2) is 9.07 Å². The first-order valence-electron chi connectivity index (χ1n) is 9.09. The number of hydrogen-bond acceptors (Lipinski definition) is 4. The van der Waals surface area contributed by atoms with Crippen LogP contribution in [0.2, 0.25) is 5.15 Å². The molecule has 0 saturated heterocycles. The second kappa shape index (κ2) is 7.96. The summed E-state index contributed by atoms with van der Waals surface area (Å²) in [5.74, 6) is -0.950. The van der Waals surface area contributed by atoms with Crippen molar-refractivity contribution >= 4 is 39.8 Å². The average Bonchev–Trinajstić information content (AvgIpc) is 3.29. The van der Waals surface area contributed by atoms with E-state index in [1.54, 1.807) is 30.5 Å². The van der Waals surface area contributed by atoms with E-state index in [-0.39, 0.29) is 28.5 Å². The Morgan fingerprint density at radius 3 is 2.66 bits per heavy atom. The highest BCUT2D eigenvalue weighted by Crippen LogP contribution is 2.28. The smallest absolute Gasteiger partial charge is 0.261 e. The lowest BCUT2D eigenvalue weighted by molar-refractivity contribution is 0.0952. The number of nitrogens with one attached hydrogen (secondary N) is 2. The molecule has 1 aliphatic rings. The lowest BCUT2D eigenvalue weighted by Gasteiger charge is -2.07. The van der Waals surface area contributed by atoms with Crippen molar-refractivity contribution in [3.8, 4) is 0 Å². The molecular weight excluding hydrogens is 415 g/mol. The van der Waals surface area contributed by atoms with Gasteiger partial charge in [0.05, 0.1) is 23.4 Å². The van der Waals surface area contributed by atoms with Crippen molar-refractivity contribution < 1.29 is 14.0 Å². The molecule has 1 fully saturated rings. The molecule has 0 unspecified atom stereocenters. The van der Waals surface area contributed by atoms with Crippen molar-refractivity contribution in [3.05, 3.63) is 69.1 Å². The molecule has 4 rings (SSSR count). The number of carbonyl (C=O) groups excluding carboxylic acids is 2. The van der Waals surface area contributed by atoms with E-state index in [1.165, 1.54) is 28.2 Å². The van der Waals surface area contributed by atoms with Crippen LogP contribution in [-0.4, -0.2) is 27.6 Å². The number of anilines is 1. The van der Waals surface area contributed by atoms with Crippen LogP contribution in [0.1, 0.15) is 44.8 Å². The molecule has 0 atom stereocenters. The average molecular weight is 433 g/mol. The van der Waals surface area contributed by atoms with Crippen LogP contribution in [0.25, 0.3) is 0 Å². The first-order valence-corrected chi connectivity index (χ1v) is 10.3. The largest absolute Gasteiger partial charge is 0.349 e. The second-order valence-electron chi connectivity index (χ2n) is 6.90. The fourth-order valence-electron chi connectivity index (χ4n) is 2.92. The Labute approximate surface area is 175 Å². The molecule has 1 aliphatic carbocycles. The molecule has 150 valence electrons. The molecule has 6 nitrogen and oxygen atoms in total. The quantitative estimate of drug-likeness (QED) is 0.611. The van der Waals surface area contributed by atoms with Crippen LogP contribution in [0.15, 0.2) is 35.7 Å². The number of aryl methyl sites for hydroxylation is 1. The molecule has 9 heteroatoms. The van der Waals surface area contributed by atoms with Gasteiger partial charge in [0.25, 0.3) is 11.8 Å². The number of thiophene rings is 1. The van der Waals surface area contributed by atoms with Gasteiger partial charge in [-0.05, 0) is 48.9 Å². The van der Waals surface area contributed by atoms with Crippen LogP contribution in [-0.2, 0) is 6.54 Å². The third-order valence-corrected chi connectivity index (χ3v) is 5.80. The summed E-state index contributed by atoms with van der Waals surface area (Å²) in [6, 6.07) is 7.91. The molecule has 2 heterocycles. The van der Waals surface area contributed by atoms with Gasteiger partial charge in [0.2, 0.25) is 0 Å². The minimum atomic E-state index is -0.430. The lowest BCUT2D eigenvalue weighted by Crippen LogP contribution is -2.26. The maximum absolute atomic E-state index is 13.1. The van der Waals surface area contributed by atoms with Crippen LogP contribution >= 0.6 is 22.9 Å². The van der Waals surface area contributed by atoms with E-state index in [0.717, 1.165) is 18.4 Å². The standard InChI is InChI=1S/C20H18ClFN4O2S/c1-11-16(17(21)26(25-11)10-12-2-4-13(22)5-3-12)19(28)24-20-15(8-9-29-20)18(27)23-14-6-7-14/h2-5,8-9,14H,6-7,10H2,1H3,(H,23,27)(H,24,28). The first-order chi connectivity index (χ1) is 13.9. The number of amides is 2. The van der Waals surface area contributed by atoms with E-state index in [0.29, 0.717) is 22.8 Å². The number of halogens is 2. The minimum absolute atomic E-state index is 0.185. The summed E-state index contributed by atoms with van der Waals surface area (Å²) in [6.07, 6.45) is 1.97. The summed E-state index contributed by atoms with van der Waals surface area (Å²) in [5.41, 5.74) is 1.95. The topological polar surface area (TPSA) is 76.0 Å². The van der Waals surface area contributed by atoms with Gasteiger partial charge in [-0.15, -0.1) is 11.3 Å². The number of rotatable bonds is 6. The normalized spacial score (nSPS) is 13.3. The molecule has 0 spiro atoms. The summed E-state index contributed by atoms with van der Waals surface area (Å²) in [5, 5.41) is 12.4. The zero-order valence-corrected chi connectivity index (χ0v) is 17.1. The summed E-state index contributed by atoms with van der Waals surface area (Å²) in [4.78, 5) is 25.2. The molecule has 1 saturated carbocycles. The molecule has 0 radical (unpaired) electrons. The van der Waals surface area contributed by atoms with E-state index in [1.807, 2.05) is 0 Å². The summed E-state index contributed by atoms with van der Waals surface area (Å²) >= 11 is 7.69. The fraction of sp³-hybridized carbons (Fsp3) is 0.250. The molecule has 29 heavy (non-hydrogen) atoms. The van der Waals surface area contributed by atoms with Gasteiger partial charge >= 0.3 is 0 Å². The van der Waals surface area contributed by atoms with Crippen molar-refractivity contribution in [2.24, 2.45) is 0 Å². The van der Waals surface area contributed by atoms with Gasteiger partial charge in [-0.1, -0.05) is 23.7 Å². The van der Waals surface area contributed by atoms with E-state index >= 15 is 0 Å². The summed E-state index contributed by atoms with van der Waals surface area (Å²) in [6.45, 7) is 2.00. The highest BCUT2D eigenvalue weighted by Gasteiger charge is 2.27. The lowest BCUT2D eigenvalue weighted by atomic mass is 10.2. The molecule has 1 aromatic carbocycles. The fourth-order valence-corrected chi connectivity index (χ4v) is 4.02. The Kier molecular flexibility index (Phi) is 5.38. The Bertz CT molecular complexity index is 1070. The van der Waals surface area contributed by atoms with Gasteiger partial charge in [-0.2, -0.15) is 5.10 Å². The summed E-state index contributed by atoms with van der Waals surface area (Å²) in [7, 11) is 0. The second-order valence-corrected chi connectivity index (χ2v) is 8.17. The van der Waals surface area contributed by atoms with Gasteiger partial charge in [0.1, 0.15) is 16.0 Å². The summed E-state index contributed by atoms with van der Waals surface area (Å²) < 4.78 is 14.6.